The Labute approximate surface area is 225 Å². The lowest BCUT2D eigenvalue weighted by atomic mass is 9.99. The Kier molecular flexibility index (Phi) is 9.59. The van der Waals surface area contributed by atoms with Gasteiger partial charge in [0.15, 0.2) is 11.1 Å². The molecule has 1 aliphatic heterocycles. The average Bonchev–Trinajstić information content (AvgIpc) is 3.08. The molecule has 1 saturated heterocycles. The highest BCUT2D eigenvalue weighted by Gasteiger charge is 2.56. The highest BCUT2D eigenvalue weighted by Crippen LogP contribution is 2.48. The number of nitrogens with two attached hydrogens (primary N) is 1. The van der Waals surface area contributed by atoms with Gasteiger partial charge in [-0.05, 0) is 45.9 Å². The number of aliphatic hydroxyl groups is 1. The normalized spacial score (nSPS) is 25.2. The molecule has 1 aromatic carbocycles. The molecule has 2 unspecified atom stereocenters. The number of hydrogen-bond donors (Lipinski definition) is 3. The number of rotatable bonds is 10. The molecule has 0 bridgehead atoms. The van der Waals surface area contributed by atoms with Crippen molar-refractivity contribution in [1.82, 2.24) is 14.6 Å². The van der Waals surface area contributed by atoms with Gasteiger partial charge in [-0.15, -0.1) is 5.92 Å². The van der Waals surface area contributed by atoms with Crippen LogP contribution in [0.4, 0.5) is 5.82 Å². The zero-order valence-electron chi connectivity index (χ0n) is 21.2. The van der Waals surface area contributed by atoms with Crippen molar-refractivity contribution in [2.24, 2.45) is 0 Å². The highest BCUT2D eigenvalue weighted by atomic mass is 35.5. The number of carbonyl (C=O) groups excluding carboxylic acids is 1. The molecule has 4 N–H and O–H groups in total. The maximum absolute atomic E-state index is 13.7. The monoisotopic (exact) mass is 568 g/mol. The number of aromatic nitrogens is 2. The van der Waals surface area contributed by atoms with E-state index in [0.717, 1.165) is 4.57 Å². The Balaban J connectivity index is 1.86. The number of hydrogen-bond acceptors (Lipinski definition) is 10. The lowest BCUT2D eigenvalue weighted by Crippen LogP contribution is -2.43. The number of anilines is 1. The van der Waals surface area contributed by atoms with Gasteiger partial charge in [-0.3, -0.25) is 13.9 Å². The van der Waals surface area contributed by atoms with Crippen molar-refractivity contribution in [2.45, 2.75) is 63.2 Å². The van der Waals surface area contributed by atoms with E-state index >= 15 is 0 Å². The minimum atomic E-state index is -4.26. The molecule has 1 aromatic heterocycles. The second-order valence-corrected chi connectivity index (χ2v) is 11.0. The van der Waals surface area contributed by atoms with Gasteiger partial charge in [0.05, 0.1) is 12.7 Å². The number of nitrogen functional groups attached to an aromatic ring is 1. The summed E-state index contributed by atoms with van der Waals surface area (Å²) in [5, 5.41) is 13.6. The van der Waals surface area contributed by atoms with E-state index in [0.29, 0.717) is 0 Å². The van der Waals surface area contributed by atoms with Gasteiger partial charge in [0.25, 0.3) is 0 Å². The van der Waals surface area contributed by atoms with Crippen LogP contribution in [-0.4, -0.2) is 56.5 Å². The zero-order valence-corrected chi connectivity index (χ0v) is 22.9. The van der Waals surface area contributed by atoms with Crippen molar-refractivity contribution in [3.63, 3.8) is 0 Å². The second kappa shape index (κ2) is 12.3. The number of carbonyl (C=O) groups is 1. The van der Waals surface area contributed by atoms with Crippen molar-refractivity contribution in [1.29, 1.82) is 0 Å². The summed E-state index contributed by atoms with van der Waals surface area (Å²) in [6.07, 6.45) is -3.09. The Hall–Kier alpha value is -2.91. The summed E-state index contributed by atoms with van der Waals surface area (Å²) in [4.78, 5) is 26.7. The minimum Gasteiger partial charge on any atom is -0.462 e. The van der Waals surface area contributed by atoms with Gasteiger partial charge in [0.1, 0.15) is 29.8 Å². The molecule has 12 nitrogen and oxygen atoms in total. The fourth-order valence-electron chi connectivity index (χ4n) is 3.59. The van der Waals surface area contributed by atoms with Crippen LogP contribution >= 0.6 is 19.3 Å². The lowest BCUT2D eigenvalue weighted by molar-refractivity contribution is -0.149. The second-order valence-electron chi connectivity index (χ2n) is 8.69. The molecule has 1 fully saturated rings. The van der Waals surface area contributed by atoms with Crippen molar-refractivity contribution in [2.75, 3.05) is 12.3 Å². The lowest BCUT2D eigenvalue weighted by Gasteiger charge is -2.26. The molecule has 38 heavy (non-hydrogen) atoms. The molecule has 2 aromatic rings. The van der Waals surface area contributed by atoms with Gasteiger partial charge in [0, 0.05) is 6.20 Å². The molecule has 0 aliphatic carbocycles. The number of nitrogens with zero attached hydrogens (tertiary/aromatic N) is 2. The van der Waals surface area contributed by atoms with E-state index in [2.05, 4.69) is 21.9 Å². The Morgan fingerprint density at radius 3 is 2.63 bits per heavy atom. The molecule has 0 spiro atoms. The Morgan fingerprint density at radius 1 is 1.34 bits per heavy atom. The van der Waals surface area contributed by atoms with Crippen LogP contribution in [0.5, 0.6) is 5.75 Å². The van der Waals surface area contributed by atoms with Crippen LogP contribution in [0.2, 0.25) is 0 Å². The first-order chi connectivity index (χ1) is 17.9. The van der Waals surface area contributed by atoms with Crippen molar-refractivity contribution in [3.8, 4) is 17.6 Å². The van der Waals surface area contributed by atoms with Crippen molar-refractivity contribution >= 4 is 31.1 Å². The van der Waals surface area contributed by atoms with E-state index in [1.54, 1.807) is 44.2 Å². The number of alkyl halides is 1. The predicted octanol–water partition coefficient (Wildman–Crippen LogP) is 2.22. The maximum Gasteiger partial charge on any atom is 0.459 e. The van der Waals surface area contributed by atoms with Gasteiger partial charge in [-0.2, -0.15) is 10.1 Å². The SMILES string of the molecule is CC#CC1(Cl)[C@@H](O)[C@@H](COP(=O)(N[C@@H](C)C(=O)OC(C)C)Oc2ccccc2)O[C@H]1n1ccc(N)nc1=O. The van der Waals surface area contributed by atoms with E-state index in [4.69, 9.17) is 35.9 Å². The molecular formula is C24H30ClN4O8P. The minimum absolute atomic E-state index is 0.0124. The smallest absolute Gasteiger partial charge is 0.459 e. The fraction of sp³-hybridized carbons (Fsp3) is 0.458. The van der Waals surface area contributed by atoms with Gasteiger partial charge < -0.3 is 24.8 Å². The first-order valence-corrected chi connectivity index (χ1v) is 13.6. The molecule has 6 atom stereocenters. The summed E-state index contributed by atoms with van der Waals surface area (Å²) in [6.45, 7) is 5.78. The molecular weight excluding hydrogens is 539 g/mol. The van der Waals surface area contributed by atoms with E-state index in [1.807, 2.05) is 0 Å². The third kappa shape index (κ3) is 6.94. The third-order valence-electron chi connectivity index (χ3n) is 5.30. The predicted molar refractivity (Wildman–Crippen MR) is 139 cm³/mol. The van der Waals surface area contributed by atoms with Gasteiger partial charge >= 0.3 is 19.4 Å². The number of halogens is 1. The molecule has 2 heterocycles. The summed E-state index contributed by atoms with van der Waals surface area (Å²) in [5.41, 5.74) is 4.80. The van der Waals surface area contributed by atoms with Gasteiger partial charge in [-0.1, -0.05) is 35.7 Å². The molecule has 0 saturated carbocycles. The standard InChI is InChI=1S/C24H30ClN4O8P/c1-5-12-24(25)20(30)18(36-22(24)29-13-11-19(26)27-23(29)32)14-34-38(33,37-17-9-7-6-8-10-17)28-16(4)21(31)35-15(2)3/h6-11,13,15-16,18,20,22,30H,14H2,1-4H3,(H,28,33)(H2,26,27,32)/t16-,18+,20-,22+,24?,38?/m0/s1. The number of nitrogens with one attached hydrogen (secondary N) is 1. The summed E-state index contributed by atoms with van der Waals surface area (Å²) in [6, 6.07) is 8.44. The largest absolute Gasteiger partial charge is 0.462 e. The summed E-state index contributed by atoms with van der Waals surface area (Å²) in [7, 11) is -4.26. The van der Waals surface area contributed by atoms with Crippen molar-refractivity contribution < 1.29 is 33.0 Å². The molecule has 0 amide bonds. The summed E-state index contributed by atoms with van der Waals surface area (Å²) < 4.78 is 37.0. The third-order valence-corrected chi connectivity index (χ3v) is 7.45. The molecule has 206 valence electrons. The first kappa shape index (κ1) is 29.6. The molecule has 0 radical (unpaired) electrons. The fourth-order valence-corrected chi connectivity index (χ4v) is 5.49. The molecule has 1 aliphatic rings. The highest BCUT2D eigenvalue weighted by molar-refractivity contribution is 7.52. The number of para-hydroxylation sites is 1. The number of aliphatic hydroxyl groups excluding tert-OH is 1. The summed E-state index contributed by atoms with van der Waals surface area (Å²) >= 11 is 6.68. The number of benzene rings is 1. The van der Waals surface area contributed by atoms with E-state index < -0.39 is 61.5 Å². The topological polar surface area (TPSA) is 164 Å². The van der Waals surface area contributed by atoms with Crippen LogP contribution < -0.4 is 21.0 Å². The Bertz CT molecular complexity index is 1300. The average molecular weight is 569 g/mol. The van der Waals surface area contributed by atoms with E-state index in [-0.39, 0.29) is 11.6 Å². The van der Waals surface area contributed by atoms with E-state index in [1.165, 1.54) is 26.1 Å². The first-order valence-electron chi connectivity index (χ1n) is 11.7. The molecule has 14 heteroatoms. The van der Waals surface area contributed by atoms with Crippen molar-refractivity contribution in [3.05, 3.63) is 53.1 Å². The maximum atomic E-state index is 13.7. The van der Waals surface area contributed by atoms with Crippen LogP contribution in [-0.2, 0) is 23.4 Å². The van der Waals surface area contributed by atoms with Crippen LogP contribution in [0.25, 0.3) is 0 Å². The Morgan fingerprint density at radius 2 is 2.03 bits per heavy atom. The van der Waals surface area contributed by atoms with E-state index in [9.17, 15) is 19.3 Å². The quantitative estimate of drug-likeness (QED) is 0.166. The molecule has 3 rings (SSSR count). The van der Waals surface area contributed by atoms with Crippen LogP contribution in [0.15, 0.2) is 47.4 Å². The number of ether oxygens (including phenoxy) is 2. The number of esters is 1. The van der Waals surface area contributed by atoms with Gasteiger partial charge in [-0.25, -0.2) is 9.36 Å². The van der Waals surface area contributed by atoms with Crippen LogP contribution in [0.3, 0.4) is 0 Å². The van der Waals surface area contributed by atoms with Crippen LogP contribution in [0, 0.1) is 11.8 Å². The van der Waals surface area contributed by atoms with Crippen LogP contribution in [0.1, 0.15) is 33.9 Å². The summed E-state index contributed by atoms with van der Waals surface area (Å²) in [5.74, 6) is 4.82. The van der Waals surface area contributed by atoms with Gasteiger partial charge in [0.2, 0.25) is 0 Å². The zero-order chi connectivity index (χ0) is 28.1.